The highest BCUT2D eigenvalue weighted by Crippen LogP contribution is 2.22. The summed E-state index contributed by atoms with van der Waals surface area (Å²) >= 11 is 11.0. The topological polar surface area (TPSA) is 49.4 Å². The Morgan fingerprint density at radius 2 is 1.68 bits per heavy atom. The van der Waals surface area contributed by atoms with Crippen molar-refractivity contribution in [3.05, 3.63) is 82.9 Å². The number of amides is 2. The zero-order valence-corrected chi connectivity index (χ0v) is 14.6. The molecule has 25 heavy (non-hydrogen) atoms. The molecule has 0 radical (unpaired) electrons. The molecular formula is C19H13ClN2O2S. The molecule has 4 nitrogen and oxygen atoms in total. The van der Waals surface area contributed by atoms with Gasteiger partial charge in [-0.1, -0.05) is 54.1 Å². The number of hydrogen-bond donors (Lipinski definition) is 1. The molecule has 3 rings (SSSR count). The Bertz CT molecular complexity index is 889. The first-order valence-electron chi connectivity index (χ1n) is 7.45. The van der Waals surface area contributed by atoms with Gasteiger partial charge in [0.15, 0.2) is 5.11 Å². The van der Waals surface area contributed by atoms with Crippen LogP contribution in [0.15, 0.2) is 72.3 Å². The van der Waals surface area contributed by atoms with Crippen LogP contribution in [-0.2, 0) is 9.59 Å². The van der Waals surface area contributed by atoms with Crippen molar-refractivity contribution in [1.29, 1.82) is 0 Å². The van der Waals surface area contributed by atoms with Gasteiger partial charge >= 0.3 is 0 Å². The minimum absolute atomic E-state index is 0.00994. The van der Waals surface area contributed by atoms with Gasteiger partial charge in [-0.15, -0.1) is 0 Å². The van der Waals surface area contributed by atoms with Gasteiger partial charge in [-0.05, 0) is 48.1 Å². The van der Waals surface area contributed by atoms with Crippen molar-refractivity contribution in [3.63, 3.8) is 0 Å². The van der Waals surface area contributed by atoms with Crippen LogP contribution in [0, 0.1) is 0 Å². The van der Waals surface area contributed by atoms with E-state index in [-0.39, 0.29) is 10.7 Å². The number of nitrogens with one attached hydrogen (secondary N) is 1. The average molecular weight is 369 g/mol. The number of nitrogens with zero attached hydrogens (tertiary/aromatic N) is 1. The normalized spacial score (nSPS) is 16.6. The zero-order valence-electron chi connectivity index (χ0n) is 13.0. The second-order valence-corrected chi connectivity index (χ2v) is 6.05. The van der Waals surface area contributed by atoms with Crippen LogP contribution >= 0.6 is 23.8 Å². The molecule has 2 aromatic rings. The first kappa shape index (κ1) is 17.1. The molecule has 6 heteroatoms. The van der Waals surface area contributed by atoms with E-state index in [0.717, 1.165) is 5.56 Å². The average Bonchev–Trinajstić information content (AvgIpc) is 2.60. The Hall–Kier alpha value is -2.76. The third-order valence-electron chi connectivity index (χ3n) is 3.54. The molecule has 0 bridgehead atoms. The minimum Gasteiger partial charge on any atom is -0.298 e. The predicted molar refractivity (Wildman–Crippen MR) is 103 cm³/mol. The SMILES string of the molecule is O=C1NC(=S)N(c2ccc(Cl)cc2)C(=O)C1=CC=Cc1ccccc1. The van der Waals surface area contributed by atoms with Gasteiger partial charge in [0, 0.05) is 5.02 Å². The Labute approximate surface area is 155 Å². The lowest BCUT2D eigenvalue weighted by Gasteiger charge is -2.28. The van der Waals surface area contributed by atoms with Crippen molar-refractivity contribution in [2.75, 3.05) is 4.90 Å². The number of allylic oxidation sites excluding steroid dienone is 2. The molecule has 0 unspecified atom stereocenters. The summed E-state index contributed by atoms with van der Waals surface area (Å²) in [4.78, 5) is 26.1. The van der Waals surface area contributed by atoms with Crippen molar-refractivity contribution in [3.8, 4) is 0 Å². The molecule has 1 aliphatic heterocycles. The summed E-state index contributed by atoms with van der Waals surface area (Å²) < 4.78 is 0. The molecule has 1 fully saturated rings. The number of carbonyl (C=O) groups is 2. The monoisotopic (exact) mass is 368 g/mol. The number of thiocarbonyl (C=S) groups is 1. The molecule has 0 aromatic heterocycles. The molecule has 1 saturated heterocycles. The maximum atomic E-state index is 12.7. The van der Waals surface area contributed by atoms with Crippen LogP contribution in [-0.4, -0.2) is 16.9 Å². The third-order valence-corrected chi connectivity index (χ3v) is 4.07. The Kier molecular flexibility index (Phi) is 5.07. The summed E-state index contributed by atoms with van der Waals surface area (Å²) in [6.07, 6.45) is 4.96. The quantitative estimate of drug-likeness (QED) is 0.510. The minimum atomic E-state index is -0.516. The highest BCUT2D eigenvalue weighted by molar-refractivity contribution is 7.80. The smallest absolute Gasteiger partial charge is 0.270 e. The summed E-state index contributed by atoms with van der Waals surface area (Å²) in [5.74, 6) is -0.994. The lowest BCUT2D eigenvalue weighted by molar-refractivity contribution is -0.122. The molecule has 0 saturated carbocycles. The fourth-order valence-corrected chi connectivity index (χ4v) is 2.73. The van der Waals surface area contributed by atoms with Crippen LogP contribution in [0.2, 0.25) is 5.02 Å². The molecule has 0 aliphatic carbocycles. The summed E-state index contributed by atoms with van der Waals surface area (Å²) in [5, 5.41) is 3.12. The maximum absolute atomic E-state index is 12.7. The highest BCUT2D eigenvalue weighted by atomic mass is 35.5. The molecule has 2 aromatic carbocycles. The Morgan fingerprint density at radius 3 is 2.36 bits per heavy atom. The number of benzene rings is 2. The van der Waals surface area contributed by atoms with Crippen LogP contribution in [0.3, 0.4) is 0 Å². The van der Waals surface area contributed by atoms with Gasteiger partial charge < -0.3 is 0 Å². The molecule has 1 N–H and O–H groups in total. The molecule has 0 atom stereocenters. The van der Waals surface area contributed by atoms with Gasteiger partial charge in [0.2, 0.25) is 0 Å². The first-order chi connectivity index (χ1) is 12.1. The van der Waals surface area contributed by atoms with Gasteiger partial charge in [0.25, 0.3) is 11.8 Å². The molecule has 124 valence electrons. The van der Waals surface area contributed by atoms with Crippen LogP contribution in [0.1, 0.15) is 5.56 Å². The summed E-state index contributed by atoms with van der Waals surface area (Å²) in [5.41, 5.74) is 1.51. The number of rotatable bonds is 3. The fourth-order valence-electron chi connectivity index (χ4n) is 2.32. The van der Waals surface area contributed by atoms with Gasteiger partial charge in [0.1, 0.15) is 5.57 Å². The van der Waals surface area contributed by atoms with Crippen molar-refractivity contribution >= 4 is 52.5 Å². The van der Waals surface area contributed by atoms with Crippen molar-refractivity contribution in [2.45, 2.75) is 0 Å². The molecular weight excluding hydrogens is 356 g/mol. The zero-order chi connectivity index (χ0) is 17.8. The number of carbonyl (C=O) groups excluding carboxylic acids is 2. The van der Waals surface area contributed by atoms with E-state index < -0.39 is 11.8 Å². The molecule has 2 amide bonds. The second-order valence-electron chi connectivity index (χ2n) is 5.23. The van der Waals surface area contributed by atoms with E-state index in [1.165, 1.54) is 11.0 Å². The summed E-state index contributed by atoms with van der Waals surface area (Å²) in [6.45, 7) is 0. The molecule has 0 spiro atoms. The number of halogens is 1. The highest BCUT2D eigenvalue weighted by Gasteiger charge is 2.33. The lowest BCUT2D eigenvalue weighted by atomic mass is 10.1. The fraction of sp³-hybridized carbons (Fsp3) is 0. The second kappa shape index (κ2) is 7.42. The van der Waals surface area contributed by atoms with Crippen LogP contribution < -0.4 is 10.2 Å². The van der Waals surface area contributed by atoms with E-state index in [2.05, 4.69) is 5.32 Å². The van der Waals surface area contributed by atoms with E-state index >= 15 is 0 Å². The first-order valence-corrected chi connectivity index (χ1v) is 8.23. The summed E-state index contributed by atoms with van der Waals surface area (Å²) in [6, 6.07) is 16.2. The Balaban J connectivity index is 1.88. The number of anilines is 1. The van der Waals surface area contributed by atoms with Crippen LogP contribution in [0.25, 0.3) is 6.08 Å². The van der Waals surface area contributed by atoms with Gasteiger partial charge in [-0.2, -0.15) is 0 Å². The Morgan fingerprint density at radius 1 is 1.00 bits per heavy atom. The van der Waals surface area contributed by atoms with Crippen molar-refractivity contribution < 1.29 is 9.59 Å². The third kappa shape index (κ3) is 3.84. The summed E-state index contributed by atoms with van der Waals surface area (Å²) in [7, 11) is 0. The van der Waals surface area contributed by atoms with E-state index in [0.29, 0.717) is 10.7 Å². The van der Waals surface area contributed by atoms with E-state index in [4.69, 9.17) is 23.8 Å². The lowest BCUT2D eigenvalue weighted by Crippen LogP contribution is -2.54. The standard InChI is InChI=1S/C19H13ClN2O2S/c20-14-9-11-15(12-10-14)22-18(24)16(17(23)21-19(22)25)8-4-7-13-5-2-1-3-6-13/h1-12H,(H,21,23,25). The van der Waals surface area contributed by atoms with Crippen molar-refractivity contribution in [2.24, 2.45) is 0 Å². The van der Waals surface area contributed by atoms with Crippen molar-refractivity contribution in [1.82, 2.24) is 5.32 Å². The van der Waals surface area contributed by atoms with E-state index in [9.17, 15) is 9.59 Å². The molecule has 1 heterocycles. The van der Waals surface area contributed by atoms with Crippen LogP contribution in [0.5, 0.6) is 0 Å². The van der Waals surface area contributed by atoms with Gasteiger partial charge in [-0.3, -0.25) is 19.8 Å². The predicted octanol–water partition coefficient (Wildman–Crippen LogP) is 3.73. The maximum Gasteiger partial charge on any atom is 0.270 e. The van der Waals surface area contributed by atoms with E-state index in [1.807, 2.05) is 36.4 Å². The molecule has 1 aliphatic rings. The van der Waals surface area contributed by atoms with Gasteiger partial charge in [0.05, 0.1) is 5.69 Å². The van der Waals surface area contributed by atoms with Crippen LogP contribution in [0.4, 0.5) is 5.69 Å². The largest absolute Gasteiger partial charge is 0.298 e. The number of hydrogen-bond acceptors (Lipinski definition) is 3. The van der Waals surface area contributed by atoms with Gasteiger partial charge in [-0.25, -0.2) is 0 Å². The van der Waals surface area contributed by atoms with E-state index in [1.54, 1.807) is 30.3 Å².